The third-order valence-electron chi connectivity index (χ3n) is 5.22. The summed E-state index contributed by atoms with van der Waals surface area (Å²) < 4.78 is 45.6. The first-order valence-corrected chi connectivity index (χ1v) is 10.4. The number of halogens is 2. The second kappa shape index (κ2) is 9.98. The Labute approximate surface area is 193 Å². The Morgan fingerprint density at radius 2 is 1.94 bits per heavy atom. The Morgan fingerprint density at radius 3 is 2.68 bits per heavy atom. The van der Waals surface area contributed by atoms with Gasteiger partial charge in [0.2, 0.25) is 0 Å². The molecule has 0 amide bonds. The molecule has 0 bridgehead atoms. The van der Waals surface area contributed by atoms with Crippen molar-refractivity contribution in [3.05, 3.63) is 82.9 Å². The minimum Gasteiger partial charge on any atom is -0.489 e. The quantitative estimate of drug-likeness (QED) is 0.370. The van der Waals surface area contributed by atoms with Crippen molar-refractivity contribution in [3.63, 3.8) is 0 Å². The second-order valence-corrected chi connectivity index (χ2v) is 7.64. The van der Waals surface area contributed by atoms with Gasteiger partial charge in [0.05, 0.1) is 12.1 Å². The van der Waals surface area contributed by atoms with Gasteiger partial charge in [0.15, 0.2) is 5.82 Å². The molecular weight excluding hydrogens is 446 g/mol. The highest BCUT2D eigenvalue weighted by Crippen LogP contribution is 2.35. The van der Waals surface area contributed by atoms with Crippen LogP contribution in [0.1, 0.15) is 22.6 Å². The van der Waals surface area contributed by atoms with Gasteiger partial charge in [-0.05, 0) is 48.0 Å². The number of hydrogen-bond acceptors (Lipinski definition) is 6. The highest BCUT2D eigenvalue weighted by atomic mass is 19.1. The van der Waals surface area contributed by atoms with E-state index in [0.29, 0.717) is 27.9 Å². The highest BCUT2D eigenvalue weighted by molar-refractivity contribution is 5.93. The predicted octanol–water partition coefficient (Wildman–Crippen LogP) is 4.58. The van der Waals surface area contributed by atoms with Gasteiger partial charge in [-0.1, -0.05) is 0 Å². The Hall–Kier alpha value is -3.82. The molecule has 0 saturated heterocycles. The number of pyridine rings is 1. The fraction of sp³-hybridized carbons (Fsp3) is 0.200. The van der Waals surface area contributed by atoms with Crippen molar-refractivity contribution in [1.82, 2.24) is 4.98 Å². The van der Waals surface area contributed by atoms with Gasteiger partial charge < -0.3 is 24.7 Å². The number of aliphatic carboxylic acids is 1. The van der Waals surface area contributed by atoms with Gasteiger partial charge in [-0.15, -0.1) is 0 Å². The molecule has 0 unspecified atom stereocenters. The van der Waals surface area contributed by atoms with Crippen molar-refractivity contribution < 1.29 is 32.6 Å². The van der Waals surface area contributed by atoms with Gasteiger partial charge in [-0.25, -0.2) is 8.78 Å². The lowest BCUT2D eigenvalue weighted by Crippen LogP contribution is -2.05. The fourth-order valence-electron chi connectivity index (χ4n) is 3.75. The van der Waals surface area contributed by atoms with Gasteiger partial charge >= 0.3 is 5.97 Å². The summed E-state index contributed by atoms with van der Waals surface area (Å²) in [5.74, 6) is -1.39. The van der Waals surface area contributed by atoms with Crippen LogP contribution < -0.4 is 10.5 Å². The van der Waals surface area contributed by atoms with Crippen LogP contribution in [0.15, 0.2) is 53.1 Å². The van der Waals surface area contributed by atoms with E-state index in [0.717, 1.165) is 6.07 Å². The van der Waals surface area contributed by atoms with Crippen LogP contribution in [-0.4, -0.2) is 23.2 Å². The zero-order chi connectivity index (χ0) is 24.2. The van der Waals surface area contributed by atoms with Crippen LogP contribution >= 0.6 is 0 Å². The smallest absolute Gasteiger partial charge is 0.307 e. The summed E-state index contributed by atoms with van der Waals surface area (Å²) in [5.41, 5.74) is 7.86. The summed E-state index contributed by atoms with van der Waals surface area (Å²) in [7, 11) is 1.54. The summed E-state index contributed by atoms with van der Waals surface area (Å²) in [6.45, 7) is 0.207. The lowest BCUT2D eigenvalue weighted by Gasteiger charge is -2.13. The normalized spacial score (nSPS) is 11.2. The van der Waals surface area contributed by atoms with E-state index in [-0.39, 0.29) is 48.7 Å². The van der Waals surface area contributed by atoms with Crippen LogP contribution in [0.3, 0.4) is 0 Å². The van der Waals surface area contributed by atoms with Gasteiger partial charge in [0.1, 0.15) is 36.1 Å². The molecule has 2 heterocycles. The summed E-state index contributed by atoms with van der Waals surface area (Å²) in [4.78, 5) is 15.1. The average molecular weight is 468 g/mol. The van der Waals surface area contributed by atoms with Crippen LogP contribution in [0.4, 0.5) is 8.78 Å². The van der Waals surface area contributed by atoms with Crippen LogP contribution in [0.2, 0.25) is 0 Å². The molecule has 3 N–H and O–H groups in total. The van der Waals surface area contributed by atoms with Crippen LogP contribution in [-0.2, 0) is 35.7 Å². The molecule has 2 aromatic carbocycles. The Bertz CT molecular complexity index is 1350. The lowest BCUT2D eigenvalue weighted by atomic mass is 10.00. The summed E-state index contributed by atoms with van der Waals surface area (Å²) in [6.07, 6.45) is 1.09. The van der Waals surface area contributed by atoms with E-state index in [1.807, 2.05) is 6.07 Å². The number of carboxylic acids is 1. The lowest BCUT2D eigenvalue weighted by molar-refractivity contribution is -0.136. The number of carboxylic acid groups (broad SMARTS) is 1. The number of rotatable bonds is 9. The molecule has 0 atom stereocenters. The van der Waals surface area contributed by atoms with Crippen molar-refractivity contribution in [2.75, 3.05) is 7.11 Å². The SMILES string of the molecule is COCc1cc2cc(COc3ccc(F)cc3CC(=O)O)cc(-c3ccnc(CN)c3F)c2o1. The van der Waals surface area contributed by atoms with E-state index in [4.69, 9.17) is 24.7 Å². The number of carbonyl (C=O) groups is 1. The van der Waals surface area contributed by atoms with Crippen LogP contribution in [0, 0.1) is 11.6 Å². The number of nitrogens with two attached hydrogens (primary N) is 1. The first-order valence-electron chi connectivity index (χ1n) is 10.4. The number of fused-ring (bicyclic) bond motifs is 1. The van der Waals surface area contributed by atoms with Crippen LogP contribution in [0.25, 0.3) is 22.1 Å². The number of furan rings is 1. The third kappa shape index (κ3) is 4.90. The maximum absolute atomic E-state index is 15.1. The maximum atomic E-state index is 15.1. The predicted molar refractivity (Wildman–Crippen MR) is 120 cm³/mol. The maximum Gasteiger partial charge on any atom is 0.307 e. The monoisotopic (exact) mass is 468 g/mol. The number of nitrogens with zero attached hydrogens (tertiary/aromatic N) is 1. The highest BCUT2D eigenvalue weighted by Gasteiger charge is 2.18. The number of hydrogen-bond donors (Lipinski definition) is 2. The second-order valence-electron chi connectivity index (χ2n) is 7.64. The molecule has 0 saturated carbocycles. The minimum absolute atomic E-state index is 0.0302. The van der Waals surface area contributed by atoms with E-state index in [2.05, 4.69) is 4.98 Å². The molecule has 176 valence electrons. The topological polar surface area (TPSA) is 108 Å². The molecule has 0 aliphatic heterocycles. The molecule has 0 fully saturated rings. The zero-order valence-corrected chi connectivity index (χ0v) is 18.3. The van der Waals surface area contributed by atoms with Crippen molar-refractivity contribution in [2.45, 2.75) is 26.2 Å². The van der Waals surface area contributed by atoms with Gasteiger partial charge in [-0.2, -0.15) is 0 Å². The molecule has 7 nitrogen and oxygen atoms in total. The molecule has 0 spiro atoms. The average Bonchev–Trinajstić information content (AvgIpc) is 3.20. The van der Waals surface area contributed by atoms with E-state index < -0.39 is 17.6 Å². The first kappa shape index (κ1) is 23.3. The number of benzene rings is 2. The number of methoxy groups -OCH3 is 1. The molecule has 4 aromatic rings. The molecule has 2 aromatic heterocycles. The Balaban J connectivity index is 1.76. The van der Waals surface area contributed by atoms with Gasteiger partial charge in [-0.3, -0.25) is 9.78 Å². The van der Waals surface area contributed by atoms with E-state index in [1.165, 1.54) is 24.4 Å². The summed E-state index contributed by atoms with van der Waals surface area (Å²) in [5, 5.41) is 9.82. The molecule has 9 heteroatoms. The third-order valence-corrected chi connectivity index (χ3v) is 5.22. The Kier molecular flexibility index (Phi) is 6.85. The largest absolute Gasteiger partial charge is 0.489 e. The van der Waals surface area contributed by atoms with Crippen molar-refractivity contribution in [2.24, 2.45) is 5.73 Å². The van der Waals surface area contributed by atoms with Gasteiger partial charge in [0.25, 0.3) is 0 Å². The Morgan fingerprint density at radius 1 is 1.12 bits per heavy atom. The van der Waals surface area contributed by atoms with Crippen molar-refractivity contribution in [1.29, 1.82) is 0 Å². The van der Waals surface area contributed by atoms with E-state index in [1.54, 1.807) is 19.2 Å². The summed E-state index contributed by atoms with van der Waals surface area (Å²) >= 11 is 0. The molecular formula is C25H22F2N2O5. The zero-order valence-electron chi connectivity index (χ0n) is 18.3. The van der Waals surface area contributed by atoms with E-state index in [9.17, 15) is 9.18 Å². The van der Waals surface area contributed by atoms with Crippen LogP contribution in [0.5, 0.6) is 5.75 Å². The summed E-state index contributed by atoms with van der Waals surface area (Å²) in [6, 6.07) is 10.6. The number of aromatic nitrogens is 1. The fourth-order valence-corrected chi connectivity index (χ4v) is 3.75. The first-order chi connectivity index (χ1) is 16.4. The molecule has 0 aliphatic carbocycles. The standard InChI is InChI=1S/C25H22F2N2O5/c1-32-13-18-9-16-6-14(12-33-22-3-2-17(26)8-15(22)10-23(30)31)7-20(25(16)34-18)19-4-5-29-21(11-28)24(19)27/h2-9H,10-13,28H2,1H3,(H,30,31). The molecule has 0 aliphatic rings. The molecule has 4 rings (SSSR count). The van der Waals surface area contributed by atoms with Gasteiger partial charge in [0, 0.05) is 41.9 Å². The molecule has 34 heavy (non-hydrogen) atoms. The minimum atomic E-state index is -1.10. The number of ether oxygens (including phenoxy) is 2. The molecule has 0 radical (unpaired) electrons. The van der Waals surface area contributed by atoms with Crippen molar-refractivity contribution in [3.8, 4) is 16.9 Å². The van der Waals surface area contributed by atoms with E-state index >= 15 is 4.39 Å². The van der Waals surface area contributed by atoms with Crippen molar-refractivity contribution >= 4 is 16.9 Å².